The largest absolute Gasteiger partial charge is 0.418 e. The fraction of sp³-hybridized carbons (Fsp3) is 0.923. The van der Waals surface area contributed by atoms with Gasteiger partial charge in [-0.25, -0.2) is 4.57 Å². The summed E-state index contributed by atoms with van der Waals surface area (Å²) in [6.45, 7) is 5.76. The smallest absolute Gasteiger partial charge is 0.343 e. The van der Waals surface area contributed by atoms with Crippen LogP contribution in [0.4, 0.5) is 4.79 Å². The molecule has 1 aliphatic carbocycles. The Kier molecular flexibility index (Phi) is 7.05. The third-order valence-corrected chi connectivity index (χ3v) is 5.38. The van der Waals surface area contributed by atoms with Crippen molar-refractivity contribution in [3.05, 3.63) is 0 Å². The first-order chi connectivity index (χ1) is 9.03. The molecule has 19 heavy (non-hydrogen) atoms. The van der Waals surface area contributed by atoms with Gasteiger partial charge in [0.1, 0.15) is 0 Å². The molecule has 1 saturated carbocycles. The van der Waals surface area contributed by atoms with E-state index < -0.39 is 13.2 Å². The average Bonchev–Trinajstić information content (AvgIpc) is 2.40. The Labute approximate surface area is 116 Å². The summed E-state index contributed by atoms with van der Waals surface area (Å²) in [5.41, 5.74) is -0.603. The van der Waals surface area contributed by atoms with E-state index in [4.69, 9.17) is 9.05 Å². The Balaban J connectivity index is 2.57. The molecule has 1 amide bonds. The second-order valence-electron chi connectivity index (χ2n) is 4.97. The first-order valence-electron chi connectivity index (χ1n) is 7.23. The molecule has 0 aromatic heterocycles. The molecule has 0 radical (unpaired) electrons. The van der Waals surface area contributed by atoms with Crippen molar-refractivity contribution in [1.29, 1.82) is 0 Å². The van der Waals surface area contributed by atoms with Gasteiger partial charge in [0.05, 0.1) is 13.2 Å². The van der Waals surface area contributed by atoms with Gasteiger partial charge in [0.2, 0.25) is 0 Å². The van der Waals surface area contributed by atoms with Crippen molar-refractivity contribution in [2.75, 3.05) is 13.2 Å². The maximum Gasteiger partial charge on any atom is 0.418 e. The van der Waals surface area contributed by atoms with Gasteiger partial charge in [-0.3, -0.25) is 4.79 Å². The molecule has 0 bridgehead atoms. The van der Waals surface area contributed by atoms with Crippen LogP contribution in [-0.2, 0) is 13.6 Å². The highest BCUT2D eigenvalue weighted by atomic mass is 31.2. The van der Waals surface area contributed by atoms with Crippen LogP contribution in [0.2, 0.25) is 0 Å². The zero-order valence-electron chi connectivity index (χ0n) is 12.2. The molecule has 0 aliphatic heterocycles. The Morgan fingerprint density at radius 1 is 1.21 bits per heavy atom. The van der Waals surface area contributed by atoms with Gasteiger partial charge in [-0.1, -0.05) is 19.3 Å². The van der Waals surface area contributed by atoms with E-state index in [0.29, 0.717) is 5.92 Å². The van der Waals surface area contributed by atoms with Gasteiger partial charge in [0.15, 0.2) is 0 Å². The third kappa shape index (κ3) is 4.90. The fourth-order valence-electron chi connectivity index (χ4n) is 2.52. The molecule has 1 N–H and O–H groups in total. The summed E-state index contributed by atoms with van der Waals surface area (Å²) >= 11 is 0. The predicted molar refractivity (Wildman–Crippen MR) is 75.4 cm³/mol. The lowest BCUT2D eigenvalue weighted by Crippen LogP contribution is -2.38. The molecular weight excluding hydrogens is 265 g/mol. The first kappa shape index (κ1) is 16.7. The van der Waals surface area contributed by atoms with Crippen LogP contribution in [0, 0.1) is 5.92 Å². The lowest BCUT2D eigenvalue weighted by molar-refractivity contribution is 0.201. The zero-order chi connectivity index (χ0) is 14.3. The summed E-state index contributed by atoms with van der Waals surface area (Å²) in [6.07, 6.45) is 5.93. The number of nitrogens with one attached hydrogen (secondary N) is 1. The average molecular weight is 291 g/mol. The van der Waals surface area contributed by atoms with E-state index in [9.17, 15) is 9.36 Å². The van der Waals surface area contributed by atoms with Crippen LogP contribution in [0.25, 0.3) is 0 Å². The molecule has 6 heteroatoms. The minimum atomic E-state index is -3.67. The van der Waals surface area contributed by atoms with E-state index in [1.165, 1.54) is 19.3 Å². The van der Waals surface area contributed by atoms with Gasteiger partial charge >= 0.3 is 13.2 Å². The quantitative estimate of drug-likeness (QED) is 0.722. The molecule has 112 valence electrons. The van der Waals surface area contributed by atoms with E-state index in [1.54, 1.807) is 13.8 Å². The standard InChI is InChI=1S/C13H26NO4P/c1-4-17-19(16,18-5-2)13(15)14-11(3)12-9-7-6-8-10-12/h11-12H,4-10H2,1-3H3,(H,14,15). The number of carbonyl (C=O) groups excluding carboxylic acids is 1. The van der Waals surface area contributed by atoms with Crippen LogP contribution in [0.15, 0.2) is 0 Å². The summed E-state index contributed by atoms with van der Waals surface area (Å²) in [5, 5.41) is 2.81. The Bertz CT molecular complexity index is 319. The molecule has 1 aliphatic rings. The topological polar surface area (TPSA) is 64.6 Å². The molecule has 5 nitrogen and oxygen atoms in total. The molecule has 1 rings (SSSR count). The van der Waals surface area contributed by atoms with Crippen LogP contribution in [0.5, 0.6) is 0 Å². The molecule has 0 aromatic rings. The number of carbonyl (C=O) groups is 1. The van der Waals surface area contributed by atoms with Crippen molar-refractivity contribution >= 4 is 13.2 Å². The highest BCUT2D eigenvalue weighted by Gasteiger charge is 2.36. The van der Waals surface area contributed by atoms with E-state index >= 15 is 0 Å². The van der Waals surface area contributed by atoms with E-state index in [2.05, 4.69) is 5.32 Å². The normalized spacial score (nSPS) is 19.1. The van der Waals surface area contributed by atoms with E-state index in [-0.39, 0.29) is 19.3 Å². The Morgan fingerprint density at radius 3 is 2.21 bits per heavy atom. The molecule has 1 fully saturated rings. The van der Waals surface area contributed by atoms with Gasteiger partial charge in [-0.05, 0) is 39.5 Å². The summed E-state index contributed by atoms with van der Waals surface area (Å²) < 4.78 is 22.4. The molecular formula is C13H26NO4P. The highest BCUT2D eigenvalue weighted by molar-refractivity contribution is 7.71. The van der Waals surface area contributed by atoms with Gasteiger partial charge in [0.25, 0.3) is 0 Å². The highest BCUT2D eigenvalue weighted by Crippen LogP contribution is 2.48. The predicted octanol–water partition coefficient (Wildman–Crippen LogP) is 3.93. The molecule has 1 atom stereocenters. The van der Waals surface area contributed by atoms with Crippen molar-refractivity contribution in [3.8, 4) is 0 Å². The third-order valence-electron chi connectivity index (χ3n) is 3.55. The van der Waals surface area contributed by atoms with Gasteiger partial charge in [-0.2, -0.15) is 0 Å². The maximum absolute atomic E-state index is 12.3. The van der Waals surface area contributed by atoms with Gasteiger partial charge in [-0.15, -0.1) is 0 Å². The van der Waals surface area contributed by atoms with E-state index in [0.717, 1.165) is 12.8 Å². The van der Waals surface area contributed by atoms with Crippen LogP contribution in [0.1, 0.15) is 52.9 Å². The first-order valence-corrected chi connectivity index (χ1v) is 8.78. The lowest BCUT2D eigenvalue weighted by atomic mass is 9.85. The molecule has 1 unspecified atom stereocenters. The molecule has 0 aromatic carbocycles. The fourth-order valence-corrected chi connectivity index (χ4v) is 3.87. The Hall–Kier alpha value is -0.380. The van der Waals surface area contributed by atoms with Crippen molar-refractivity contribution in [2.24, 2.45) is 5.92 Å². The van der Waals surface area contributed by atoms with Crippen LogP contribution in [0.3, 0.4) is 0 Å². The van der Waals surface area contributed by atoms with Gasteiger partial charge in [0, 0.05) is 6.04 Å². The van der Waals surface area contributed by atoms with E-state index in [1.807, 2.05) is 6.92 Å². The molecule has 0 spiro atoms. The van der Waals surface area contributed by atoms with Crippen molar-refractivity contribution in [2.45, 2.75) is 58.9 Å². The second-order valence-corrected chi connectivity index (χ2v) is 6.89. The number of hydrogen-bond acceptors (Lipinski definition) is 4. The van der Waals surface area contributed by atoms with Crippen molar-refractivity contribution < 1.29 is 18.4 Å². The Morgan fingerprint density at radius 2 is 1.74 bits per heavy atom. The lowest BCUT2D eigenvalue weighted by Gasteiger charge is -2.29. The molecule has 0 heterocycles. The summed E-state index contributed by atoms with van der Waals surface area (Å²) in [6, 6.07) is 0.0158. The summed E-state index contributed by atoms with van der Waals surface area (Å²) in [5.74, 6) is 0.467. The zero-order valence-corrected chi connectivity index (χ0v) is 13.1. The maximum atomic E-state index is 12.3. The van der Waals surface area contributed by atoms with Crippen molar-refractivity contribution in [1.82, 2.24) is 5.32 Å². The minimum Gasteiger partial charge on any atom is -0.343 e. The van der Waals surface area contributed by atoms with Gasteiger partial charge < -0.3 is 14.4 Å². The molecule has 0 saturated heterocycles. The minimum absolute atomic E-state index is 0.0158. The SMILES string of the molecule is CCOP(=O)(OCC)C(=O)NC(C)C1CCCCC1. The van der Waals surface area contributed by atoms with Crippen LogP contribution >= 0.6 is 7.60 Å². The van der Waals surface area contributed by atoms with Crippen molar-refractivity contribution in [3.63, 3.8) is 0 Å². The number of rotatable bonds is 7. The number of amides is 1. The summed E-state index contributed by atoms with van der Waals surface area (Å²) in [4.78, 5) is 12.1. The van der Waals surface area contributed by atoms with Crippen LogP contribution < -0.4 is 5.32 Å². The monoisotopic (exact) mass is 291 g/mol. The second kappa shape index (κ2) is 8.03. The van der Waals surface area contributed by atoms with Crippen LogP contribution in [-0.4, -0.2) is 24.9 Å². The number of hydrogen-bond donors (Lipinski definition) is 1. The summed E-state index contributed by atoms with van der Waals surface area (Å²) in [7, 11) is -3.67.